The minimum absolute atomic E-state index is 0.192. The Morgan fingerprint density at radius 3 is 2.38 bits per heavy atom. The summed E-state index contributed by atoms with van der Waals surface area (Å²) in [7, 11) is 0. The minimum atomic E-state index is 0.192. The van der Waals surface area contributed by atoms with E-state index < -0.39 is 0 Å². The maximum absolute atomic E-state index is 6.23. The highest BCUT2D eigenvalue weighted by molar-refractivity contribution is 9.10. The Kier molecular flexibility index (Phi) is 5.48. The van der Waals surface area contributed by atoms with Crippen LogP contribution in [0.15, 0.2) is 34.8 Å². The zero-order valence-electron chi connectivity index (χ0n) is 12.9. The Morgan fingerprint density at radius 2 is 1.76 bits per heavy atom. The average Bonchev–Trinajstić information content (AvgIpc) is 2.44. The first-order chi connectivity index (χ1) is 9.93. The molecule has 3 heteroatoms. The van der Waals surface area contributed by atoms with Gasteiger partial charge in [-0.05, 0) is 67.3 Å². The van der Waals surface area contributed by atoms with Gasteiger partial charge in [-0.2, -0.15) is 0 Å². The molecule has 1 nitrogen and oxygen atoms in total. The maximum Gasteiger partial charge on any atom is 0.0579 e. The molecule has 0 saturated carbocycles. The molecule has 1 atom stereocenters. The van der Waals surface area contributed by atoms with Gasteiger partial charge in [0.15, 0.2) is 0 Å². The molecule has 0 heterocycles. The SMILES string of the molecule is CCNC(c1ccc(Br)c(C)c1)c1cc(C)c(Cl)cc1C. The van der Waals surface area contributed by atoms with Crippen molar-refractivity contribution < 1.29 is 0 Å². The minimum Gasteiger partial charge on any atom is -0.307 e. The van der Waals surface area contributed by atoms with E-state index in [4.69, 9.17) is 11.6 Å². The second-order valence-electron chi connectivity index (χ2n) is 5.46. The third kappa shape index (κ3) is 3.68. The summed E-state index contributed by atoms with van der Waals surface area (Å²) in [5.74, 6) is 0. The lowest BCUT2D eigenvalue weighted by atomic mass is 9.92. The summed E-state index contributed by atoms with van der Waals surface area (Å²) < 4.78 is 1.14. The number of rotatable bonds is 4. The molecule has 0 aliphatic carbocycles. The summed E-state index contributed by atoms with van der Waals surface area (Å²) in [6, 6.07) is 11.0. The van der Waals surface area contributed by atoms with E-state index in [2.05, 4.69) is 79.3 Å². The molecule has 0 radical (unpaired) electrons. The van der Waals surface area contributed by atoms with Crippen molar-refractivity contribution in [2.24, 2.45) is 0 Å². The largest absolute Gasteiger partial charge is 0.307 e. The van der Waals surface area contributed by atoms with Crippen LogP contribution < -0.4 is 5.32 Å². The highest BCUT2D eigenvalue weighted by Crippen LogP contribution is 2.30. The number of nitrogens with one attached hydrogen (secondary N) is 1. The zero-order chi connectivity index (χ0) is 15.6. The fraction of sp³-hybridized carbons (Fsp3) is 0.333. The molecule has 21 heavy (non-hydrogen) atoms. The monoisotopic (exact) mass is 365 g/mol. The second kappa shape index (κ2) is 6.95. The first-order valence-electron chi connectivity index (χ1n) is 7.20. The Morgan fingerprint density at radius 1 is 1.05 bits per heavy atom. The number of hydrogen-bond donors (Lipinski definition) is 1. The molecule has 0 spiro atoms. The first kappa shape index (κ1) is 16.5. The summed E-state index contributed by atoms with van der Waals surface area (Å²) in [6.07, 6.45) is 0. The summed E-state index contributed by atoms with van der Waals surface area (Å²) in [5, 5.41) is 4.42. The molecule has 0 aliphatic rings. The Labute approximate surface area is 140 Å². The molecule has 0 amide bonds. The molecule has 0 bridgehead atoms. The molecule has 0 saturated heterocycles. The molecule has 2 aromatic carbocycles. The van der Waals surface area contributed by atoms with E-state index in [0.717, 1.165) is 21.6 Å². The van der Waals surface area contributed by atoms with Gasteiger partial charge in [-0.3, -0.25) is 0 Å². The molecule has 2 rings (SSSR count). The normalized spacial score (nSPS) is 12.5. The van der Waals surface area contributed by atoms with Gasteiger partial charge in [0.1, 0.15) is 0 Å². The van der Waals surface area contributed by atoms with E-state index in [1.165, 1.54) is 22.3 Å². The van der Waals surface area contributed by atoms with Crippen LogP contribution in [0.1, 0.15) is 40.8 Å². The van der Waals surface area contributed by atoms with Gasteiger partial charge >= 0.3 is 0 Å². The maximum atomic E-state index is 6.23. The molecule has 0 aromatic heterocycles. The first-order valence-corrected chi connectivity index (χ1v) is 8.37. The van der Waals surface area contributed by atoms with Crippen molar-refractivity contribution >= 4 is 27.5 Å². The fourth-order valence-corrected chi connectivity index (χ4v) is 3.04. The van der Waals surface area contributed by atoms with E-state index in [9.17, 15) is 0 Å². The molecule has 1 N–H and O–H groups in total. The summed E-state index contributed by atoms with van der Waals surface area (Å²) in [6.45, 7) is 9.35. The van der Waals surface area contributed by atoms with E-state index in [1.807, 2.05) is 0 Å². The van der Waals surface area contributed by atoms with Crippen LogP contribution in [-0.4, -0.2) is 6.54 Å². The van der Waals surface area contributed by atoms with Crippen LogP contribution in [0.5, 0.6) is 0 Å². The molecular weight excluding hydrogens is 346 g/mol. The Bertz CT molecular complexity index is 652. The second-order valence-corrected chi connectivity index (χ2v) is 6.72. The van der Waals surface area contributed by atoms with Crippen LogP contribution in [-0.2, 0) is 0 Å². The van der Waals surface area contributed by atoms with Gasteiger partial charge in [0.05, 0.1) is 6.04 Å². The lowest BCUT2D eigenvalue weighted by Gasteiger charge is -2.22. The predicted molar refractivity (Wildman–Crippen MR) is 95.3 cm³/mol. The van der Waals surface area contributed by atoms with Crippen molar-refractivity contribution in [3.8, 4) is 0 Å². The molecular formula is C18H21BrClN. The number of aryl methyl sites for hydroxylation is 3. The van der Waals surface area contributed by atoms with Gasteiger partial charge in [0.25, 0.3) is 0 Å². The number of halogens is 2. The highest BCUT2D eigenvalue weighted by Gasteiger charge is 2.17. The van der Waals surface area contributed by atoms with Crippen molar-refractivity contribution in [2.75, 3.05) is 6.54 Å². The quantitative estimate of drug-likeness (QED) is 0.729. The standard InChI is InChI=1S/C18H21BrClN/c1-5-21-18(14-6-7-16(19)12(3)8-14)15-9-13(4)17(20)10-11(15)2/h6-10,18,21H,5H2,1-4H3. The van der Waals surface area contributed by atoms with Crippen LogP contribution in [0, 0.1) is 20.8 Å². The van der Waals surface area contributed by atoms with Crippen LogP contribution in [0.4, 0.5) is 0 Å². The van der Waals surface area contributed by atoms with Gasteiger partial charge in [-0.15, -0.1) is 0 Å². The summed E-state index contributed by atoms with van der Waals surface area (Å²) in [4.78, 5) is 0. The summed E-state index contributed by atoms with van der Waals surface area (Å²) >= 11 is 9.80. The highest BCUT2D eigenvalue weighted by atomic mass is 79.9. The molecule has 1 unspecified atom stereocenters. The van der Waals surface area contributed by atoms with E-state index in [0.29, 0.717) is 0 Å². The Balaban J connectivity index is 2.52. The van der Waals surface area contributed by atoms with E-state index >= 15 is 0 Å². The lowest BCUT2D eigenvalue weighted by molar-refractivity contribution is 0.627. The van der Waals surface area contributed by atoms with Crippen molar-refractivity contribution in [1.29, 1.82) is 0 Å². The zero-order valence-corrected chi connectivity index (χ0v) is 15.3. The molecule has 0 fully saturated rings. The molecule has 2 aromatic rings. The van der Waals surface area contributed by atoms with Crippen molar-refractivity contribution in [2.45, 2.75) is 33.7 Å². The van der Waals surface area contributed by atoms with Gasteiger partial charge in [0, 0.05) is 9.50 Å². The lowest BCUT2D eigenvalue weighted by Crippen LogP contribution is -2.23. The average molecular weight is 367 g/mol. The molecule has 112 valence electrons. The van der Waals surface area contributed by atoms with Crippen molar-refractivity contribution in [1.82, 2.24) is 5.32 Å². The molecule has 0 aliphatic heterocycles. The van der Waals surface area contributed by atoms with Crippen molar-refractivity contribution in [3.63, 3.8) is 0 Å². The third-order valence-corrected chi connectivity index (χ3v) is 5.08. The summed E-state index contributed by atoms with van der Waals surface area (Å²) in [5.41, 5.74) is 6.16. The Hall–Kier alpha value is -0.830. The van der Waals surface area contributed by atoms with Crippen LogP contribution in [0.25, 0.3) is 0 Å². The smallest absolute Gasteiger partial charge is 0.0579 e. The topological polar surface area (TPSA) is 12.0 Å². The van der Waals surface area contributed by atoms with Crippen LogP contribution >= 0.6 is 27.5 Å². The van der Waals surface area contributed by atoms with Gasteiger partial charge in [-0.1, -0.05) is 52.7 Å². The van der Waals surface area contributed by atoms with Gasteiger partial charge in [-0.25, -0.2) is 0 Å². The van der Waals surface area contributed by atoms with Gasteiger partial charge in [0.2, 0.25) is 0 Å². The van der Waals surface area contributed by atoms with Gasteiger partial charge < -0.3 is 5.32 Å². The fourth-order valence-electron chi connectivity index (χ4n) is 2.57. The third-order valence-electron chi connectivity index (χ3n) is 3.78. The predicted octanol–water partition coefficient (Wildman–Crippen LogP) is 5.73. The van der Waals surface area contributed by atoms with Crippen LogP contribution in [0.2, 0.25) is 5.02 Å². The van der Waals surface area contributed by atoms with Crippen molar-refractivity contribution in [3.05, 3.63) is 67.6 Å². The van der Waals surface area contributed by atoms with Crippen LogP contribution in [0.3, 0.4) is 0 Å². The van der Waals surface area contributed by atoms with E-state index in [-0.39, 0.29) is 6.04 Å². The van der Waals surface area contributed by atoms with E-state index in [1.54, 1.807) is 0 Å². The number of hydrogen-bond acceptors (Lipinski definition) is 1. The number of benzene rings is 2.